The third-order valence-corrected chi connectivity index (χ3v) is 4.96. The maximum Gasteiger partial charge on any atom is 0.416 e. The van der Waals surface area contributed by atoms with Gasteiger partial charge in [0.25, 0.3) is 0 Å². The van der Waals surface area contributed by atoms with Crippen molar-refractivity contribution in [2.45, 2.75) is 32.1 Å². The molecule has 1 aliphatic rings. The van der Waals surface area contributed by atoms with Crippen LogP contribution in [0.2, 0.25) is 0 Å². The third kappa shape index (κ3) is 5.32. The number of benzene rings is 2. The molecular weight excluding hydrogens is 372 g/mol. The summed E-state index contributed by atoms with van der Waals surface area (Å²) in [6.07, 6.45) is -3.11. The number of hydrogen-bond donors (Lipinski definition) is 1. The van der Waals surface area contributed by atoms with E-state index in [9.17, 15) is 22.4 Å². The molecule has 1 heterocycles. The van der Waals surface area contributed by atoms with Crippen molar-refractivity contribution in [3.63, 3.8) is 0 Å². The van der Waals surface area contributed by atoms with E-state index in [0.717, 1.165) is 37.2 Å². The van der Waals surface area contributed by atoms with E-state index in [1.54, 1.807) is 0 Å². The lowest BCUT2D eigenvalue weighted by atomic mass is 9.96. The Balaban J connectivity index is 1.59. The molecule has 150 valence electrons. The fraction of sp³-hybridized carbons (Fsp3) is 0.381. The second-order valence-corrected chi connectivity index (χ2v) is 7.08. The topological polar surface area (TPSA) is 32.3 Å². The smallest absolute Gasteiger partial charge is 0.352 e. The number of nitrogens with one attached hydrogen (secondary N) is 1. The van der Waals surface area contributed by atoms with Gasteiger partial charge in [0.2, 0.25) is 5.91 Å². The molecule has 1 aliphatic heterocycles. The van der Waals surface area contributed by atoms with Crippen LogP contribution in [0.3, 0.4) is 0 Å². The first kappa shape index (κ1) is 20.3. The highest BCUT2D eigenvalue weighted by molar-refractivity contribution is 5.79. The first-order valence-corrected chi connectivity index (χ1v) is 9.22. The van der Waals surface area contributed by atoms with Crippen LogP contribution >= 0.6 is 0 Å². The number of carbonyl (C=O) groups is 1. The van der Waals surface area contributed by atoms with Crippen LogP contribution in [-0.2, 0) is 24.1 Å². The van der Waals surface area contributed by atoms with Gasteiger partial charge >= 0.3 is 6.18 Å². The number of nitrogens with zero attached hydrogens (tertiary/aromatic N) is 1. The van der Waals surface area contributed by atoms with Gasteiger partial charge in [-0.1, -0.05) is 36.4 Å². The summed E-state index contributed by atoms with van der Waals surface area (Å²) >= 11 is 0. The number of carbonyl (C=O) groups excluding carboxylic acids is 1. The minimum atomic E-state index is -4.67. The van der Waals surface area contributed by atoms with Gasteiger partial charge in [0.05, 0.1) is 11.5 Å². The fourth-order valence-corrected chi connectivity index (χ4v) is 3.55. The third-order valence-electron chi connectivity index (χ3n) is 4.96. The molecule has 7 heteroatoms. The molecular formula is C21H22F4N2O. The second kappa shape index (κ2) is 8.73. The Morgan fingerprint density at radius 1 is 1.14 bits per heavy atom. The second-order valence-electron chi connectivity index (χ2n) is 7.08. The Morgan fingerprint density at radius 3 is 2.61 bits per heavy atom. The van der Waals surface area contributed by atoms with Crippen molar-refractivity contribution in [1.29, 1.82) is 0 Å². The van der Waals surface area contributed by atoms with Gasteiger partial charge in [-0.2, -0.15) is 13.2 Å². The Bertz CT molecular complexity index is 808. The Labute approximate surface area is 161 Å². The summed E-state index contributed by atoms with van der Waals surface area (Å²) < 4.78 is 52.4. The highest BCUT2D eigenvalue weighted by Crippen LogP contribution is 2.32. The molecule has 1 atom stereocenters. The molecule has 0 aliphatic carbocycles. The van der Waals surface area contributed by atoms with E-state index in [4.69, 9.17) is 0 Å². The number of likely N-dealkylation sites (tertiary alicyclic amines) is 1. The van der Waals surface area contributed by atoms with Crippen molar-refractivity contribution in [1.82, 2.24) is 10.2 Å². The number of halogens is 4. The number of alkyl halides is 3. The monoisotopic (exact) mass is 394 g/mol. The van der Waals surface area contributed by atoms with Crippen molar-refractivity contribution < 1.29 is 22.4 Å². The molecule has 1 unspecified atom stereocenters. The van der Waals surface area contributed by atoms with Gasteiger partial charge in [0, 0.05) is 19.6 Å². The average molecular weight is 394 g/mol. The van der Waals surface area contributed by atoms with Crippen molar-refractivity contribution >= 4 is 5.91 Å². The van der Waals surface area contributed by atoms with Gasteiger partial charge in [-0.15, -0.1) is 0 Å². The van der Waals surface area contributed by atoms with Crippen molar-refractivity contribution in [3.8, 4) is 0 Å². The summed E-state index contributed by atoms with van der Waals surface area (Å²) in [6, 6.07) is 12.4. The van der Waals surface area contributed by atoms with Crippen LogP contribution in [0.15, 0.2) is 48.5 Å². The first-order chi connectivity index (χ1) is 13.3. The molecule has 2 aromatic rings. The number of amides is 1. The molecule has 0 radical (unpaired) electrons. The minimum Gasteiger partial charge on any atom is -0.352 e. The van der Waals surface area contributed by atoms with Crippen LogP contribution in [0, 0.1) is 11.7 Å². The van der Waals surface area contributed by atoms with E-state index in [1.807, 2.05) is 30.3 Å². The maximum atomic E-state index is 13.2. The van der Waals surface area contributed by atoms with Crippen molar-refractivity contribution in [3.05, 3.63) is 71.0 Å². The molecule has 0 bridgehead atoms. The summed E-state index contributed by atoms with van der Waals surface area (Å²) in [5, 5.41) is 2.60. The molecule has 0 spiro atoms. The van der Waals surface area contributed by atoms with Crippen LogP contribution in [0.25, 0.3) is 0 Å². The molecule has 0 aromatic heterocycles. The largest absolute Gasteiger partial charge is 0.416 e. The van der Waals surface area contributed by atoms with Gasteiger partial charge < -0.3 is 5.32 Å². The summed E-state index contributed by atoms with van der Waals surface area (Å²) in [7, 11) is 0. The zero-order valence-electron chi connectivity index (χ0n) is 15.3. The molecule has 28 heavy (non-hydrogen) atoms. The molecule has 1 fully saturated rings. The van der Waals surface area contributed by atoms with Crippen LogP contribution < -0.4 is 5.32 Å². The predicted molar refractivity (Wildman–Crippen MR) is 97.7 cm³/mol. The summed E-state index contributed by atoms with van der Waals surface area (Å²) in [5.74, 6) is -1.49. The average Bonchev–Trinajstić information content (AvgIpc) is 2.67. The van der Waals surface area contributed by atoms with E-state index < -0.39 is 17.6 Å². The van der Waals surface area contributed by atoms with E-state index in [0.29, 0.717) is 19.0 Å². The predicted octanol–water partition coefficient (Wildman–Crippen LogP) is 4.37. The fourth-order valence-electron chi connectivity index (χ4n) is 3.55. The molecule has 2 aromatic carbocycles. The number of hydrogen-bond acceptors (Lipinski definition) is 2. The van der Waals surface area contributed by atoms with E-state index in [2.05, 4.69) is 10.2 Å². The summed E-state index contributed by atoms with van der Waals surface area (Å²) in [4.78, 5) is 14.7. The van der Waals surface area contributed by atoms with Gasteiger partial charge in [-0.25, -0.2) is 4.39 Å². The van der Waals surface area contributed by atoms with Crippen LogP contribution in [0.4, 0.5) is 17.6 Å². The zero-order chi connectivity index (χ0) is 20.1. The Kier molecular flexibility index (Phi) is 6.34. The lowest BCUT2D eigenvalue weighted by Crippen LogP contribution is -2.42. The molecule has 1 amide bonds. The molecule has 3 nitrogen and oxygen atoms in total. The van der Waals surface area contributed by atoms with Gasteiger partial charge in [0.15, 0.2) is 0 Å². The normalized spacial score (nSPS) is 18.1. The van der Waals surface area contributed by atoms with E-state index in [-0.39, 0.29) is 23.9 Å². The van der Waals surface area contributed by atoms with Crippen LogP contribution in [0.5, 0.6) is 0 Å². The Hall–Kier alpha value is -2.41. The summed E-state index contributed by atoms with van der Waals surface area (Å²) in [6.45, 7) is 1.91. The number of piperidine rings is 1. The minimum absolute atomic E-state index is 0.140. The van der Waals surface area contributed by atoms with E-state index in [1.165, 1.54) is 0 Å². The van der Waals surface area contributed by atoms with E-state index >= 15 is 0 Å². The lowest BCUT2D eigenvalue weighted by molar-refractivity contribution is -0.138. The van der Waals surface area contributed by atoms with Gasteiger partial charge in [0.1, 0.15) is 5.82 Å². The van der Waals surface area contributed by atoms with Crippen LogP contribution in [0.1, 0.15) is 29.5 Å². The molecule has 1 saturated heterocycles. The first-order valence-electron chi connectivity index (χ1n) is 9.22. The van der Waals surface area contributed by atoms with Crippen molar-refractivity contribution in [2.24, 2.45) is 5.92 Å². The maximum absolute atomic E-state index is 13.2. The summed E-state index contributed by atoms with van der Waals surface area (Å²) in [5.41, 5.74) is -0.0361. The molecule has 1 N–H and O–H groups in total. The standard InChI is InChI=1S/C21H22F4N2O/c22-18-9-8-16(19(11-18)21(23,24)25)12-26-20(28)17-7-4-10-27(14-17)13-15-5-2-1-3-6-15/h1-3,5-6,8-9,11,17H,4,7,10,12-14H2,(H,26,28). The van der Waals surface area contributed by atoms with Crippen molar-refractivity contribution in [2.75, 3.05) is 13.1 Å². The van der Waals surface area contributed by atoms with Crippen LogP contribution in [-0.4, -0.2) is 23.9 Å². The molecule has 0 saturated carbocycles. The SMILES string of the molecule is O=C(NCc1ccc(F)cc1C(F)(F)F)C1CCCN(Cc2ccccc2)C1. The highest BCUT2D eigenvalue weighted by Gasteiger charge is 2.34. The highest BCUT2D eigenvalue weighted by atomic mass is 19.4. The number of rotatable bonds is 5. The Morgan fingerprint density at radius 2 is 1.89 bits per heavy atom. The quantitative estimate of drug-likeness (QED) is 0.764. The van der Waals surface area contributed by atoms with Gasteiger partial charge in [-0.05, 0) is 42.6 Å². The zero-order valence-corrected chi connectivity index (χ0v) is 15.3. The van der Waals surface area contributed by atoms with Gasteiger partial charge in [-0.3, -0.25) is 9.69 Å². The molecule has 3 rings (SSSR count). The lowest BCUT2D eigenvalue weighted by Gasteiger charge is -2.32.